The van der Waals surface area contributed by atoms with Gasteiger partial charge in [-0.05, 0) is 41.5 Å². The van der Waals surface area contributed by atoms with Gasteiger partial charge in [0, 0.05) is 37.0 Å². The second kappa shape index (κ2) is 8.08. The van der Waals surface area contributed by atoms with Gasteiger partial charge in [0.05, 0.1) is 25.4 Å². The molecule has 2 amide bonds. The molecule has 3 aromatic rings. The monoisotopic (exact) mass is 408 g/mol. The molecule has 156 valence electrons. The van der Waals surface area contributed by atoms with Crippen molar-refractivity contribution in [3.05, 3.63) is 42.2 Å². The molecule has 2 saturated heterocycles. The van der Waals surface area contributed by atoms with Gasteiger partial charge in [-0.25, -0.2) is 0 Å². The third-order valence-corrected chi connectivity index (χ3v) is 5.93. The van der Waals surface area contributed by atoms with Crippen LogP contribution in [0.15, 0.2) is 41.0 Å². The standard InChI is InChI=1S/C23H24N2O5/c26-22-4-3-18(23(27)24-22)20-14-30-21-13-15-1-2-17(11-16(15)12-19(20)21)29-10-7-25-5-8-28-9-6-25/h1-2,11-14,18H,3-10H2,(H,24,26,27)/t18-/m1/s1. The maximum atomic E-state index is 12.3. The molecule has 0 saturated carbocycles. The van der Waals surface area contributed by atoms with E-state index in [1.165, 1.54) is 0 Å². The van der Waals surface area contributed by atoms with Crippen molar-refractivity contribution in [3.63, 3.8) is 0 Å². The molecular weight excluding hydrogens is 384 g/mol. The summed E-state index contributed by atoms with van der Waals surface area (Å²) in [4.78, 5) is 26.1. The van der Waals surface area contributed by atoms with Gasteiger partial charge in [0.25, 0.3) is 0 Å². The predicted octanol–water partition coefficient (Wildman–Crippen LogP) is 2.82. The molecule has 0 aliphatic carbocycles. The number of ether oxygens (including phenoxy) is 2. The summed E-state index contributed by atoms with van der Waals surface area (Å²) in [6.45, 7) is 4.96. The third kappa shape index (κ3) is 3.78. The Balaban J connectivity index is 1.37. The van der Waals surface area contributed by atoms with Crippen LogP contribution in [0.3, 0.4) is 0 Å². The largest absolute Gasteiger partial charge is 0.492 e. The normalized spacial score (nSPS) is 20.6. The number of furan rings is 1. The molecule has 2 aromatic carbocycles. The van der Waals surface area contributed by atoms with Crippen LogP contribution in [0, 0.1) is 0 Å². The van der Waals surface area contributed by atoms with Gasteiger partial charge in [-0.15, -0.1) is 0 Å². The molecule has 3 heterocycles. The van der Waals surface area contributed by atoms with Gasteiger partial charge < -0.3 is 13.9 Å². The summed E-state index contributed by atoms with van der Waals surface area (Å²) in [6, 6.07) is 10.0. The van der Waals surface area contributed by atoms with Crippen molar-refractivity contribution in [2.75, 3.05) is 39.5 Å². The number of carbonyl (C=O) groups excluding carboxylic acids is 2. The third-order valence-electron chi connectivity index (χ3n) is 5.93. The number of piperidine rings is 1. The molecule has 0 radical (unpaired) electrons. The van der Waals surface area contributed by atoms with Gasteiger partial charge in [0.2, 0.25) is 11.8 Å². The van der Waals surface area contributed by atoms with E-state index in [1.807, 2.05) is 30.3 Å². The van der Waals surface area contributed by atoms with E-state index >= 15 is 0 Å². The first-order valence-electron chi connectivity index (χ1n) is 10.4. The van der Waals surface area contributed by atoms with Crippen molar-refractivity contribution in [2.45, 2.75) is 18.8 Å². The summed E-state index contributed by atoms with van der Waals surface area (Å²) < 4.78 is 17.1. The molecule has 0 unspecified atom stereocenters. The minimum absolute atomic E-state index is 0.214. The summed E-state index contributed by atoms with van der Waals surface area (Å²) in [6.07, 6.45) is 2.49. The molecule has 7 nitrogen and oxygen atoms in total. The number of amides is 2. The quantitative estimate of drug-likeness (QED) is 0.654. The summed E-state index contributed by atoms with van der Waals surface area (Å²) in [5.41, 5.74) is 1.57. The second-order valence-corrected chi connectivity index (χ2v) is 7.85. The Bertz CT molecular complexity index is 1100. The Morgan fingerprint density at radius 2 is 1.97 bits per heavy atom. The van der Waals surface area contributed by atoms with Crippen LogP contribution in [0.5, 0.6) is 5.75 Å². The van der Waals surface area contributed by atoms with Crippen LogP contribution < -0.4 is 10.1 Å². The summed E-state index contributed by atoms with van der Waals surface area (Å²) in [5.74, 6) is -0.0156. The topological polar surface area (TPSA) is 81.0 Å². The number of carbonyl (C=O) groups is 2. The Labute approximate surface area is 173 Å². The van der Waals surface area contributed by atoms with Gasteiger partial charge in [-0.1, -0.05) is 6.07 Å². The number of rotatable bonds is 5. The van der Waals surface area contributed by atoms with E-state index in [9.17, 15) is 9.59 Å². The van der Waals surface area contributed by atoms with Crippen molar-refractivity contribution < 1.29 is 23.5 Å². The number of morpholine rings is 1. The Morgan fingerprint density at radius 3 is 2.80 bits per heavy atom. The fourth-order valence-electron chi connectivity index (χ4n) is 4.24. The molecule has 30 heavy (non-hydrogen) atoms. The van der Waals surface area contributed by atoms with Gasteiger partial charge >= 0.3 is 0 Å². The lowest BCUT2D eigenvalue weighted by Gasteiger charge is -2.26. The first kappa shape index (κ1) is 19.1. The first-order chi connectivity index (χ1) is 14.7. The molecule has 1 atom stereocenters. The lowest BCUT2D eigenvalue weighted by molar-refractivity contribution is -0.134. The van der Waals surface area contributed by atoms with Gasteiger partial charge in [0.1, 0.15) is 17.9 Å². The molecule has 1 aromatic heterocycles. The van der Waals surface area contributed by atoms with E-state index in [0.29, 0.717) is 19.4 Å². The van der Waals surface area contributed by atoms with Gasteiger partial charge in [0.15, 0.2) is 0 Å². The van der Waals surface area contributed by atoms with Crippen LogP contribution in [0.1, 0.15) is 24.3 Å². The summed E-state index contributed by atoms with van der Waals surface area (Å²) in [7, 11) is 0. The highest BCUT2D eigenvalue weighted by Crippen LogP contribution is 2.35. The molecule has 1 N–H and O–H groups in total. The van der Waals surface area contributed by atoms with Crippen LogP contribution in [0.2, 0.25) is 0 Å². The molecule has 5 rings (SSSR count). The van der Waals surface area contributed by atoms with Crippen molar-refractivity contribution in [1.82, 2.24) is 10.2 Å². The Morgan fingerprint density at radius 1 is 1.10 bits per heavy atom. The zero-order chi connectivity index (χ0) is 20.5. The minimum atomic E-state index is -0.366. The molecule has 2 aliphatic heterocycles. The zero-order valence-electron chi connectivity index (χ0n) is 16.7. The highest BCUT2D eigenvalue weighted by atomic mass is 16.5. The fourth-order valence-corrected chi connectivity index (χ4v) is 4.24. The molecule has 0 spiro atoms. The molecule has 2 aliphatic rings. The minimum Gasteiger partial charge on any atom is -0.492 e. The van der Waals surface area contributed by atoms with Crippen LogP contribution in [0.25, 0.3) is 21.7 Å². The molecular formula is C23H24N2O5. The van der Waals surface area contributed by atoms with E-state index in [-0.39, 0.29) is 17.7 Å². The predicted molar refractivity (Wildman–Crippen MR) is 112 cm³/mol. The molecule has 7 heteroatoms. The van der Waals surface area contributed by atoms with Crippen molar-refractivity contribution in [1.29, 1.82) is 0 Å². The van der Waals surface area contributed by atoms with E-state index < -0.39 is 0 Å². The summed E-state index contributed by atoms with van der Waals surface area (Å²) in [5, 5.41) is 5.41. The van der Waals surface area contributed by atoms with Crippen molar-refractivity contribution in [2.24, 2.45) is 0 Å². The SMILES string of the molecule is O=C1CC[C@H](c2coc3cc4ccc(OCCN5CCOCC5)cc4cc23)C(=O)N1. The number of hydrogen-bond acceptors (Lipinski definition) is 6. The van der Waals surface area contributed by atoms with Crippen molar-refractivity contribution in [3.8, 4) is 5.75 Å². The van der Waals surface area contributed by atoms with E-state index in [4.69, 9.17) is 13.9 Å². The average molecular weight is 408 g/mol. The smallest absolute Gasteiger partial charge is 0.234 e. The highest BCUT2D eigenvalue weighted by molar-refractivity contribution is 6.04. The zero-order valence-corrected chi connectivity index (χ0v) is 16.7. The first-order valence-corrected chi connectivity index (χ1v) is 10.4. The van der Waals surface area contributed by atoms with Crippen molar-refractivity contribution >= 4 is 33.6 Å². The van der Waals surface area contributed by atoms with E-state index in [1.54, 1.807) is 6.26 Å². The molecule has 2 fully saturated rings. The number of imide groups is 1. The fraction of sp³-hybridized carbons (Fsp3) is 0.391. The average Bonchev–Trinajstić information content (AvgIpc) is 3.15. The van der Waals surface area contributed by atoms with Crippen LogP contribution in [0.4, 0.5) is 0 Å². The van der Waals surface area contributed by atoms with Gasteiger partial charge in [-0.2, -0.15) is 0 Å². The maximum Gasteiger partial charge on any atom is 0.234 e. The molecule has 0 bridgehead atoms. The van der Waals surface area contributed by atoms with E-state index in [0.717, 1.165) is 65.9 Å². The maximum absolute atomic E-state index is 12.3. The van der Waals surface area contributed by atoms with E-state index in [2.05, 4.69) is 10.2 Å². The Kier molecular flexibility index (Phi) is 5.14. The summed E-state index contributed by atoms with van der Waals surface area (Å²) >= 11 is 0. The number of nitrogens with one attached hydrogen (secondary N) is 1. The number of hydrogen-bond donors (Lipinski definition) is 1. The second-order valence-electron chi connectivity index (χ2n) is 7.85. The van der Waals surface area contributed by atoms with Crippen LogP contribution in [-0.4, -0.2) is 56.2 Å². The lowest BCUT2D eigenvalue weighted by Crippen LogP contribution is -2.39. The lowest BCUT2D eigenvalue weighted by atomic mass is 9.90. The van der Waals surface area contributed by atoms with Crippen LogP contribution >= 0.6 is 0 Å². The van der Waals surface area contributed by atoms with Gasteiger partial charge in [-0.3, -0.25) is 19.8 Å². The number of fused-ring (bicyclic) bond motifs is 2. The number of nitrogens with zero attached hydrogens (tertiary/aromatic N) is 1. The number of benzene rings is 2. The highest BCUT2D eigenvalue weighted by Gasteiger charge is 2.30. The Hall–Kier alpha value is -2.90. The van der Waals surface area contributed by atoms with Crippen LogP contribution in [-0.2, 0) is 14.3 Å².